The highest BCUT2D eigenvalue weighted by molar-refractivity contribution is 5.83. The number of benzene rings is 1. The molecular weight excluding hydrogens is 304 g/mol. The number of nitro groups is 1. The molecule has 0 saturated carbocycles. The number of hydrogen-bond acceptors (Lipinski definition) is 6. The molecule has 0 saturated heterocycles. The molecule has 1 aromatic carbocycles. The zero-order chi connectivity index (χ0) is 16.8. The van der Waals surface area contributed by atoms with Crippen LogP contribution in [0.1, 0.15) is 5.56 Å². The smallest absolute Gasteiger partial charge is 0.311 e. The molecule has 0 atom stereocenters. The van der Waals surface area contributed by atoms with Gasteiger partial charge in [0.25, 0.3) is 11.5 Å². The molecule has 1 heterocycles. The molecule has 0 fully saturated rings. The molecule has 118 valence electrons. The number of nitrogens with one attached hydrogen (secondary N) is 1. The van der Waals surface area contributed by atoms with Crippen LogP contribution in [-0.4, -0.2) is 26.7 Å². The number of rotatable bonds is 5. The number of amides is 1. The third-order valence-corrected chi connectivity index (χ3v) is 2.81. The molecule has 2 rings (SSSR count). The van der Waals surface area contributed by atoms with Crippen molar-refractivity contribution in [2.24, 2.45) is 5.10 Å². The molecule has 0 radical (unpaired) electrons. The lowest BCUT2D eigenvalue weighted by molar-refractivity contribution is -0.385. The van der Waals surface area contributed by atoms with Crippen LogP contribution >= 0.6 is 0 Å². The Morgan fingerprint density at radius 1 is 1.39 bits per heavy atom. The van der Waals surface area contributed by atoms with Gasteiger partial charge in [-0.2, -0.15) is 5.10 Å². The lowest BCUT2D eigenvalue weighted by Gasteiger charge is -2.03. The van der Waals surface area contributed by atoms with Crippen LogP contribution in [0, 0.1) is 10.1 Å². The van der Waals surface area contributed by atoms with Crippen molar-refractivity contribution in [1.29, 1.82) is 0 Å². The Hall–Kier alpha value is -3.49. The largest absolute Gasteiger partial charge is 0.502 e. The van der Waals surface area contributed by atoms with E-state index in [4.69, 9.17) is 0 Å². The Morgan fingerprint density at radius 3 is 2.87 bits per heavy atom. The van der Waals surface area contributed by atoms with Crippen molar-refractivity contribution in [3.05, 3.63) is 68.6 Å². The average molecular weight is 316 g/mol. The molecule has 23 heavy (non-hydrogen) atoms. The minimum Gasteiger partial charge on any atom is -0.502 e. The van der Waals surface area contributed by atoms with E-state index in [9.17, 15) is 24.8 Å². The standard InChI is InChI=1S/C14H12N4O5/c19-12-5-4-10(7-11(12)18(22)23)8-15-16-13(20)9-17-6-2-1-3-14(17)21/h1-8,19H,9H2,(H,16,20)/b15-8-. The molecule has 2 aromatic rings. The first kappa shape index (κ1) is 15.9. The summed E-state index contributed by atoms with van der Waals surface area (Å²) in [5.74, 6) is -0.984. The number of carbonyl (C=O) groups excluding carboxylic acids is 1. The maximum absolute atomic E-state index is 11.7. The summed E-state index contributed by atoms with van der Waals surface area (Å²) < 4.78 is 1.20. The Balaban J connectivity index is 2.00. The summed E-state index contributed by atoms with van der Waals surface area (Å²) in [6.07, 6.45) is 2.66. The van der Waals surface area contributed by atoms with E-state index in [2.05, 4.69) is 10.5 Å². The van der Waals surface area contributed by atoms with Gasteiger partial charge in [0.05, 0.1) is 11.1 Å². The van der Waals surface area contributed by atoms with Gasteiger partial charge < -0.3 is 9.67 Å². The van der Waals surface area contributed by atoms with E-state index < -0.39 is 22.3 Å². The van der Waals surface area contributed by atoms with E-state index in [-0.39, 0.29) is 12.1 Å². The SMILES string of the molecule is O=C(Cn1ccccc1=O)N/N=C\c1ccc(O)c([N+](=O)[O-])c1. The maximum Gasteiger partial charge on any atom is 0.311 e. The topological polar surface area (TPSA) is 127 Å². The summed E-state index contributed by atoms with van der Waals surface area (Å²) >= 11 is 0. The number of pyridine rings is 1. The molecule has 9 nitrogen and oxygen atoms in total. The summed E-state index contributed by atoms with van der Waals surface area (Å²) in [6.45, 7) is -0.202. The van der Waals surface area contributed by atoms with Gasteiger partial charge in [0.1, 0.15) is 6.54 Å². The van der Waals surface area contributed by atoms with Crippen LogP contribution in [0.25, 0.3) is 0 Å². The number of hydrogen-bond donors (Lipinski definition) is 2. The van der Waals surface area contributed by atoms with Crippen LogP contribution in [0.15, 0.2) is 52.5 Å². The van der Waals surface area contributed by atoms with E-state index >= 15 is 0 Å². The number of hydrazone groups is 1. The molecule has 1 amide bonds. The van der Waals surface area contributed by atoms with Gasteiger partial charge in [-0.25, -0.2) is 5.43 Å². The van der Waals surface area contributed by atoms with Crippen molar-refractivity contribution in [1.82, 2.24) is 9.99 Å². The minimum absolute atomic E-state index is 0.202. The van der Waals surface area contributed by atoms with Gasteiger partial charge in [0, 0.05) is 23.9 Å². The van der Waals surface area contributed by atoms with Crippen molar-refractivity contribution in [3.63, 3.8) is 0 Å². The Morgan fingerprint density at radius 2 is 2.17 bits per heavy atom. The van der Waals surface area contributed by atoms with Crippen LogP contribution < -0.4 is 11.0 Å². The summed E-state index contributed by atoms with van der Waals surface area (Å²) in [4.78, 5) is 33.1. The van der Waals surface area contributed by atoms with Gasteiger partial charge in [0.15, 0.2) is 5.75 Å². The van der Waals surface area contributed by atoms with Gasteiger partial charge in [0.2, 0.25) is 0 Å². The van der Waals surface area contributed by atoms with E-state index in [1.165, 1.54) is 29.1 Å². The predicted octanol–water partition coefficient (Wildman–Crippen LogP) is 0.612. The quantitative estimate of drug-likeness (QED) is 0.475. The van der Waals surface area contributed by atoms with Crippen LogP contribution in [-0.2, 0) is 11.3 Å². The first-order valence-electron chi connectivity index (χ1n) is 6.42. The van der Waals surface area contributed by atoms with Gasteiger partial charge in [-0.05, 0) is 18.2 Å². The van der Waals surface area contributed by atoms with Crippen LogP contribution in [0.2, 0.25) is 0 Å². The second-order valence-corrected chi connectivity index (χ2v) is 4.47. The molecule has 0 unspecified atom stereocenters. The monoisotopic (exact) mass is 316 g/mol. The fourth-order valence-electron chi connectivity index (χ4n) is 1.73. The number of nitrogens with zero attached hydrogens (tertiary/aromatic N) is 3. The number of phenolic OH excluding ortho intramolecular Hbond substituents is 1. The minimum atomic E-state index is -0.729. The molecule has 0 aliphatic heterocycles. The van der Waals surface area contributed by atoms with Crippen molar-refractivity contribution < 1.29 is 14.8 Å². The normalized spacial score (nSPS) is 10.6. The van der Waals surface area contributed by atoms with Crippen LogP contribution in [0.3, 0.4) is 0 Å². The van der Waals surface area contributed by atoms with Crippen LogP contribution in [0.4, 0.5) is 5.69 Å². The third kappa shape index (κ3) is 4.24. The zero-order valence-electron chi connectivity index (χ0n) is 11.7. The van der Waals surface area contributed by atoms with Gasteiger partial charge in [-0.15, -0.1) is 0 Å². The highest BCUT2D eigenvalue weighted by atomic mass is 16.6. The average Bonchev–Trinajstić information content (AvgIpc) is 2.51. The molecule has 0 spiro atoms. The summed E-state index contributed by atoms with van der Waals surface area (Å²) in [7, 11) is 0. The lowest BCUT2D eigenvalue weighted by atomic mass is 10.2. The lowest BCUT2D eigenvalue weighted by Crippen LogP contribution is -2.28. The number of aromatic hydroxyl groups is 1. The Labute approximate surface area is 129 Å². The number of phenols is 1. The van der Waals surface area contributed by atoms with E-state index in [1.54, 1.807) is 12.1 Å². The number of nitro benzene ring substituents is 1. The summed E-state index contributed by atoms with van der Waals surface area (Å²) in [5.41, 5.74) is 1.75. The molecule has 9 heteroatoms. The van der Waals surface area contributed by atoms with Crippen molar-refractivity contribution in [3.8, 4) is 5.75 Å². The highest BCUT2D eigenvalue weighted by Gasteiger charge is 2.12. The molecule has 0 aliphatic rings. The fraction of sp³-hybridized carbons (Fsp3) is 0.0714. The molecule has 2 N–H and O–H groups in total. The van der Waals surface area contributed by atoms with Crippen molar-refractivity contribution >= 4 is 17.8 Å². The van der Waals surface area contributed by atoms with Crippen molar-refractivity contribution in [2.75, 3.05) is 0 Å². The first-order chi connectivity index (χ1) is 11.0. The number of carbonyl (C=O) groups is 1. The van der Waals surface area contributed by atoms with Gasteiger partial charge in [-0.3, -0.25) is 19.7 Å². The Kier molecular flexibility index (Phi) is 4.82. The predicted molar refractivity (Wildman–Crippen MR) is 81.2 cm³/mol. The molecule has 1 aromatic heterocycles. The summed E-state index contributed by atoms with van der Waals surface area (Å²) in [5, 5.41) is 23.7. The second-order valence-electron chi connectivity index (χ2n) is 4.47. The maximum atomic E-state index is 11.7. The van der Waals surface area contributed by atoms with E-state index in [1.807, 2.05) is 0 Å². The second kappa shape index (κ2) is 6.98. The van der Waals surface area contributed by atoms with Gasteiger partial charge in [-0.1, -0.05) is 6.07 Å². The molecular formula is C14H12N4O5. The highest BCUT2D eigenvalue weighted by Crippen LogP contribution is 2.25. The molecule has 0 aliphatic carbocycles. The number of aromatic nitrogens is 1. The van der Waals surface area contributed by atoms with Gasteiger partial charge >= 0.3 is 5.69 Å². The molecule has 0 bridgehead atoms. The fourth-order valence-corrected chi connectivity index (χ4v) is 1.73. The van der Waals surface area contributed by atoms with E-state index in [0.717, 1.165) is 12.1 Å². The van der Waals surface area contributed by atoms with E-state index in [0.29, 0.717) is 5.56 Å². The zero-order valence-corrected chi connectivity index (χ0v) is 11.7. The first-order valence-corrected chi connectivity index (χ1v) is 6.42. The third-order valence-electron chi connectivity index (χ3n) is 2.81. The summed E-state index contributed by atoms with van der Waals surface area (Å²) in [6, 6.07) is 8.18. The Bertz CT molecular complexity index is 828. The van der Waals surface area contributed by atoms with Crippen molar-refractivity contribution in [2.45, 2.75) is 6.54 Å². The van der Waals surface area contributed by atoms with Crippen LogP contribution in [0.5, 0.6) is 5.75 Å².